The molecule has 6 heteroatoms. The van der Waals surface area contributed by atoms with E-state index in [0.717, 1.165) is 6.42 Å². The van der Waals surface area contributed by atoms with Crippen LogP contribution in [0.5, 0.6) is 0 Å². The molecular formula is C16H20FNO4. The summed E-state index contributed by atoms with van der Waals surface area (Å²) in [6.45, 7) is 2.77. The first kappa shape index (κ1) is 16.4. The monoisotopic (exact) mass is 309 g/mol. The number of rotatable bonds is 5. The van der Waals surface area contributed by atoms with Crippen molar-refractivity contribution in [3.05, 3.63) is 35.6 Å². The van der Waals surface area contributed by atoms with E-state index >= 15 is 0 Å². The van der Waals surface area contributed by atoms with Gasteiger partial charge in [0.2, 0.25) is 5.91 Å². The molecule has 5 nitrogen and oxygen atoms in total. The largest absolute Gasteiger partial charge is 0.481 e. The van der Waals surface area contributed by atoms with Crippen LogP contribution < -0.4 is 5.32 Å². The molecule has 120 valence electrons. The van der Waals surface area contributed by atoms with Gasteiger partial charge < -0.3 is 15.2 Å². The Morgan fingerprint density at radius 1 is 1.41 bits per heavy atom. The summed E-state index contributed by atoms with van der Waals surface area (Å²) in [5.41, 5.74) is -0.163. The number of carboxylic acid groups (broad SMARTS) is 1. The van der Waals surface area contributed by atoms with Gasteiger partial charge in [-0.05, 0) is 37.5 Å². The highest BCUT2D eigenvalue weighted by atomic mass is 19.1. The van der Waals surface area contributed by atoms with Crippen molar-refractivity contribution < 1.29 is 23.8 Å². The van der Waals surface area contributed by atoms with Crippen LogP contribution in [0.3, 0.4) is 0 Å². The highest BCUT2D eigenvalue weighted by Crippen LogP contribution is 2.28. The van der Waals surface area contributed by atoms with Crippen LogP contribution in [0, 0.1) is 11.2 Å². The Hall–Kier alpha value is -1.95. The van der Waals surface area contributed by atoms with Gasteiger partial charge in [-0.15, -0.1) is 0 Å². The van der Waals surface area contributed by atoms with Gasteiger partial charge in [0.1, 0.15) is 5.82 Å². The summed E-state index contributed by atoms with van der Waals surface area (Å²) >= 11 is 0. The van der Waals surface area contributed by atoms with E-state index in [1.165, 1.54) is 24.3 Å². The Bertz CT molecular complexity index is 538. The molecule has 1 aromatic rings. The second-order valence-corrected chi connectivity index (χ2v) is 5.87. The van der Waals surface area contributed by atoms with E-state index in [1.54, 1.807) is 0 Å². The van der Waals surface area contributed by atoms with Crippen molar-refractivity contribution in [2.75, 3.05) is 19.8 Å². The van der Waals surface area contributed by atoms with Crippen molar-refractivity contribution in [3.8, 4) is 0 Å². The molecule has 0 spiro atoms. The fourth-order valence-corrected chi connectivity index (χ4v) is 2.56. The number of benzene rings is 1. The Morgan fingerprint density at radius 3 is 2.64 bits per heavy atom. The fourth-order valence-electron chi connectivity index (χ4n) is 2.56. The molecule has 1 aliphatic rings. The van der Waals surface area contributed by atoms with Crippen LogP contribution in [-0.4, -0.2) is 36.7 Å². The Labute approximate surface area is 128 Å². The average molecular weight is 309 g/mol. The minimum Gasteiger partial charge on any atom is -0.481 e. The molecule has 22 heavy (non-hydrogen) atoms. The smallest absolute Gasteiger partial charge is 0.312 e. The molecule has 2 unspecified atom stereocenters. The van der Waals surface area contributed by atoms with Crippen LogP contribution in [0.1, 0.15) is 31.2 Å². The summed E-state index contributed by atoms with van der Waals surface area (Å²) in [5, 5.41) is 12.0. The highest BCUT2D eigenvalue weighted by Gasteiger charge is 2.36. The lowest BCUT2D eigenvalue weighted by molar-refractivity contribution is -0.140. The Kier molecular flexibility index (Phi) is 5.13. The number of halogens is 1. The predicted molar refractivity (Wildman–Crippen MR) is 77.9 cm³/mol. The maximum absolute atomic E-state index is 12.9. The highest BCUT2D eigenvalue weighted by molar-refractivity contribution is 5.84. The Morgan fingerprint density at radius 2 is 2.09 bits per heavy atom. The summed E-state index contributed by atoms with van der Waals surface area (Å²) in [5.74, 6) is -2.60. The molecule has 2 atom stereocenters. The third kappa shape index (κ3) is 3.82. The van der Waals surface area contributed by atoms with Gasteiger partial charge in [-0.25, -0.2) is 4.39 Å². The lowest BCUT2D eigenvalue weighted by Gasteiger charge is -2.32. The minimum atomic E-state index is -1.06. The second-order valence-electron chi connectivity index (χ2n) is 5.87. The molecule has 0 bridgehead atoms. The summed E-state index contributed by atoms with van der Waals surface area (Å²) in [6.07, 6.45) is 1.53. The molecule has 1 heterocycles. The number of nitrogens with one attached hydrogen (secondary N) is 1. The maximum atomic E-state index is 12.9. The van der Waals surface area contributed by atoms with Gasteiger partial charge in [-0.1, -0.05) is 12.1 Å². The van der Waals surface area contributed by atoms with Crippen LogP contribution in [0.25, 0.3) is 0 Å². The van der Waals surface area contributed by atoms with Crippen LogP contribution in [0.4, 0.5) is 4.39 Å². The van der Waals surface area contributed by atoms with Crippen molar-refractivity contribution in [1.29, 1.82) is 0 Å². The van der Waals surface area contributed by atoms with Gasteiger partial charge in [-0.2, -0.15) is 0 Å². The van der Waals surface area contributed by atoms with Gasteiger partial charge in [0.05, 0.1) is 17.9 Å². The van der Waals surface area contributed by atoms with Crippen LogP contribution >= 0.6 is 0 Å². The zero-order valence-electron chi connectivity index (χ0n) is 12.5. The van der Waals surface area contributed by atoms with E-state index in [1.807, 2.05) is 6.92 Å². The number of hydrogen-bond acceptors (Lipinski definition) is 3. The zero-order chi connectivity index (χ0) is 16.2. The summed E-state index contributed by atoms with van der Waals surface area (Å²) < 4.78 is 18.3. The van der Waals surface area contributed by atoms with E-state index in [-0.39, 0.29) is 12.5 Å². The van der Waals surface area contributed by atoms with Crippen molar-refractivity contribution in [1.82, 2.24) is 5.32 Å². The molecule has 0 aromatic heterocycles. The third-order valence-corrected chi connectivity index (χ3v) is 4.02. The lowest BCUT2D eigenvalue weighted by atomic mass is 9.83. The molecule has 0 aliphatic carbocycles. The van der Waals surface area contributed by atoms with Gasteiger partial charge in [0.25, 0.3) is 0 Å². The maximum Gasteiger partial charge on any atom is 0.312 e. The molecule has 0 saturated carbocycles. The summed E-state index contributed by atoms with van der Waals surface area (Å²) in [7, 11) is 0. The zero-order valence-corrected chi connectivity index (χ0v) is 12.5. The number of carboxylic acids is 1. The standard InChI is InChI=1S/C16H20FNO4/c1-16(7-2-8-22-10-16)15(21)18-9-13(14(19)20)11-3-5-12(17)6-4-11/h3-6,13H,2,7-10H2,1H3,(H,18,21)(H,19,20). The van der Waals surface area contributed by atoms with Crippen LogP contribution in [-0.2, 0) is 14.3 Å². The van der Waals surface area contributed by atoms with E-state index in [9.17, 15) is 19.1 Å². The first-order valence-electron chi connectivity index (χ1n) is 7.27. The van der Waals surface area contributed by atoms with Crippen molar-refractivity contribution in [2.45, 2.75) is 25.7 Å². The quantitative estimate of drug-likeness (QED) is 0.871. The predicted octanol–water partition coefficient (Wildman–Crippen LogP) is 1.93. The second kappa shape index (κ2) is 6.87. The molecule has 2 rings (SSSR count). The van der Waals surface area contributed by atoms with Crippen LogP contribution in [0.15, 0.2) is 24.3 Å². The van der Waals surface area contributed by atoms with Gasteiger partial charge in [-0.3, -0.25) is 9.59 Å². The van der Waals surface area contributed by atoms with E-state index < -0.39 is 23.1 Å². The Balaban J connectivity index is 2.01. The van der Waals surface area contributed by atoms with Gasteiger partial charge in [0, 0.05) is 13.2 Å². The number of carbonyl (C=O) groups excluding carboxylic acids is 1. The number of ether oxygens (including phenoxy) is 1. The molecule has 1 amide bonds. The molecule has 2 N–H and O–H groups in total. The van der Waals surface area contributed by atoms with E-state index in [0.29, 0.717) is 25.2 Å². The summed E-state index contributed by atoms with van der Waals surface area (Å²) in [6, 6.07) is 5.27. The number of carbonyl (C=O) groups is 2. The fraction of sp³-hybridized carbons (Fsp3) is 0.500. The first-order valence-corrected chi connectivity index (χ1v) is 7.27. The van der Waals surface area contributed by atoms with Crippen molar-refractivity contribution in [2.24, 2.45) is 5.41 Å². The average Bonchev–Trinajstić information content (AvgIpc) is 2.49. The first-order chi connectivity index (χ1) is 10.4. The molecule has 0 radical (unpaired) electrons. The normalized spacial score (nSPS) is 22.8. The van der Waals surface area contributed by atoms with Crippen molar-refractivity contribution in [3.63, 3.8) is 0 Å². The SMILES string of the molecule is CC1(C(=O)NCC(C(=O)O)c2ccc(F)cc2)CCCOC1. The topological polar surface area (TPSA) is 75.6 Å². The van der Waals surface area contributed by atoms with Crippen molar-refractivity contribution >= 4 is 11.9 Å². The van der Waals surface area contributed by atoms with Gasteiger partial charge in [0.15, 0.2) is 0 Å². The molecule has 1 aromatic carbocycles. The molecule has 1 aliphatic heterocycles. The third-order valence-electron chi connectivity index (χ3n) is 4.02. The van der Waals surface area contributed by atoms with E-state index in [4.69, 9.17) is 4.74 Å². The van der Waals surface area contributed by atoms with Crippen LogP contribution in [0.2, 0.25) is 0 Å². The molecule has 1 saturated heterocycles. The minimum absolute atomic E-state index is 0.0324. The summed E-state index contributed by atoms with van der Waals surface area (Å²) in [4.78, 5) is 23.7. The molecule has 1 fully saturated rings. The van der Waals surface area contributed by atoms with E-state index in [2.05, 4.69) is 5.32 Å². The number of aliphatic carboxylic acids is 1. The number of amides is 1. The van der Waals surface area contributed by atoms with Gasteiger partial charge >= 0.3 is 5.97 Å². The molecular weight excluding hydrogens is 289 g/mol. The number of hydrogen-bond donors (Lipinski definition) is 2. The lowest BCUT2D eigenvalue weighted by Crippen LogP contribution is -2.46.